The highest BCUT2D eigenvalue weighted by Gasteiger charge is 2.24. The summed E-state index contributed by atoms with van der Waals surface area (Å²) >= 11 is 0. The van der Waals surface area contributed by atoms with Crippen molar-refractivity contribution in [3.05, 3.63) is 81.9 Å². The van der Waals surface area contributed by atoms with Crippen LogP contribution >= 0.6 is 0 Å². The van der Waals surface area contributed by atoms with Crippen LogP contribution in [0.25, 0.3) is 10.8 Å². The third-order valence-corrected chi connectivity index (χ3v) is 5.87. The number of quaternary nitrogens is 2. The average molecular weight is 393 g/mol. The van der Waals surface area contributed by atoms with Crippen LogP contribution in [0.3, 0.4) is 0 Å². The molecule has 4 rings (SSSR count). The van der Waals surface area contributed by atoms with Crippen molar-refractivity contribution in [2.24, 2.45) is 0 Å². The zero-order valence-corrected chi connectivity index (χ0v) is 16.7. The van der Waals surface area contributed by atoms with Crippen LogP contribution in [0.2, 0.25) is 0 Å². The second-order valence-corrected chi connectivity index (χ2v) is 7.75. The molecule has 1 aliphatic heterocycles. The monoisotopic (exact) mass is 393 g/mol. The number of rotatable bonds is 6. The van der Waals surface area contributed by atoms with Gasteiger partial charge in [0.25, 0.3) is 5.69 Å². The second kappa shape index (κ2) is 8.59. The summed E-state index contributed by atoms with van der Waals surface area (Å²) in [6.07, 6.45) is 0. The minimum atomic E-state index is -0.319. The number of hydrogen-bond donors (Lipinski definition) is 2. The van der Waals surface area contributed by atoms with Crippen molar-refractivity contribution in [2.75, 3.05) is 33.3 Å². The lowest BCUT2D eigenvalue weighted by Crippen LogP contribution is -3.27. The Morgan fingerprint density at radius 1 is 0.897 bits per heavy atom. The van der Waals surface area contributed by atoms with E-state index in [0.29, 0.717) is 0 Å². The van der Waals surface area contributed by atoms with Gasteiger partial charge in [-0.3, -0.25) is 10.1 Å². The molecular formula is C23H27N3O3+2. The zero-order chi connectivity index (χ0) is 20.2. The first-order chi connectivity index (χ1) is 14.1. The molecule has 0 aromatic heterocycles. The van der Waals surface area contributed by atoms with E-state index in [-0.39, 0.29) is 10.6 Å². The van der Waals surface area contributed by atoms with E-state index in [0.717, 1.165) is 50.6 Å². The van der Waals surface area contributed by atoms with Gasteiger partial charge in [0.1, 0.15) is 45.0 Å². The number of nitrogens with zero attached hydrogens (tertiary/aromatic N) is 1. The highest BCUT2D eigenvalue weighted by atomic mass is 16.6. The molecule has 1 fully saturated rings. The van der Waals surface area contributed by atoms with Gasteiger partial charge in [-0.1, -0.05) is 36.4 Å². The number of ether oxygens (including phenoxy) is 1. The summed E-state index contributed by atoms with van der Waals surface area (Å²) in [5.41, 5.74) is 2.58. The van der Waals surface area contributed by atoms with Gasteiger partial charge in [-0.15, -0.1) is 0 Å². The summed E-state index contributed by atoms with van der Waals surface area (Å²) in [4.78, 5) is 13.7. The Labute approximate surface area is 170 Å². The molecule has 0 atom stereocenters. The van der Waals surface area contributed by atoms with Gasteiger partial charge >= 0.3 is 0 Å². The van der Waals surface area contributed by atoms with Gasteiger partial charge in [0.05, 0.1) is 12.0 Å². The van der Waals surface area contributed by atoms with E-state index < -0.39 is 0 Å². The summed E-state index contributed by atoms with van der Waals surface area (Å²) in [7, 11) is 1.72. The molecule has 1 heterocycles. The standard InChI is InChI=1S/C23H25N3O3/c1-29-23-10-9-19(21-7-2-3-8-22(21)23)17-25-13-11-24(12-14-25)16-18-5-4-6-20(15-18)26(27)28/h2-10,15H,11-14,16-17H2,1H3/p+2. The third kappa shape index (κ3) is 4.39. The quantitative estimate of drug-likeness (QED) is 0.489. The number of nitro groups is 1. The maximum absolute atomic E-state index is 11.0. The van der Waals surface area contributed by atoms with Crippen LogP contribution in [-0.2, 0) is 13.1 Å². The van der Waals surface area contributed by atoms with Gasteiger partial charge in [0, 0.05) is 28.6 Å². The Morgan fingerprint density at radius 2 is 1.59 bits per heavy atom. The Balaban J connectivity index is 1.39. The number of nitrogens with one attached hydrogen (secondary N) is 2. The molecule has 0 saturated carbocycles. The molecule has 1 aliphatic rings. The number of benzene rings is 3. The maximum atomic E-state index is 11.0. The van der Waals surface area contributed by atoms with Gasteiger partial charge in [-0.05, 0) is 17.5 Å². The van der Waals surface area contributed by atoms with E-state index in [4.69, 9.17) is 4.74 Å². The van der Waals surface area contributed by atoms with E-state index in [1.165, 1.54) is 21.2 Å². The fourth-order valence-corrected chi connectivity index (χ4v) is 4.31. The van der Waals surface area contributed by atoms with Crippen LogP contribution < -0.4 is 14.5 Å². The van der Waals surface area contributed by atoms with E-state index in [2.05, 4.69) is 36.4 Å². The SMILES string of the molecule is COc1ccc(C[NH+]2CC[NH+](Cc3cccc([N+](=O)[O-])c3)CC2)c2ccccc12. The summed E-state index contributed by atoms with van der Waals surface area (Å²) in [5, 5.41) is 13.4. The molecule has 2 N–H and O–H groups in total. The normalized spacial score (nSPS) is 19.2. The maximum Gasteiger partial charge on any atom is 0.269 e. The Hall–Kier alpha value is -2.96. The predicted octanol–water partition coefficient (Wildman–Crippen LogP) is 1.24. The van der Waals surface area contributed by atoms with Crippen molar-refractivity contribution in [1.82, 2.24) is 0 Å². The number of non-ortho nitro benzene ring substituents is 1. The summed E-state index contributed by atoms with van der Waals surface area (Å²) in [5.74, 6) is 0.922. The first-order valence-corrected chi connectivity index (χ1v) is 10.1. The van der Waals surface area contributed by atoms with Crippen molar-refractivity contribution in [1.29, 1.82) is 0 Å². The lowest BCUT2D eigenvalue weighted by molar-refractivity contribution is -1.02. The Bertz CT molecular complexity index is 1010. The van der Waals surface area contributed by atoms with Gasteiger partial charge in [-0.2, -0.15) is 0 Å². The van der Waals surface area contributed by atoms with Crippen molar-refractivity contribution in [3.63, 3.8) is 0 Å². The highest BCUT2D eigenvalue weighted by Crippen LogP contribution is 2.27. The fourth-order valence-electron chi connectivity index (χ4n) is 4.31. The molecule has 6 nitrogen and oxygen atoms in total. The molecule has 29 heavy (non-hydrogen) atoms. The molecule has 0 radical (unpaired) electrons. The Morgan fingerprint density at radius 3 is 2.28 bits per heavy atom. The molecule has 3 aromatic rings. The lowest BCUT2D eigenvalue weighted by Gasteiger charge is -2.30. The molecule has 6 heteroatoms. The van der Waals surface area contributed by atoms with Crippen LogP contribution in [0.15, 0.2) is 60.7 Å². The van der Waals surface area contributed by atoms with Crippen LogP contribution in [0.4, 0.5) is 5.69 Å². The van der Waals surface area contributed by atoms with E-state index in [9.17, 15) is 10.1 Å². The van der Waals surface area contributed by atoms with E-state index in [1.807, 2.05) is 6.07 Å². The van der Waals surface area contributed by atoms with Crippen molar-refractivity contribution < 1.29 is 19.5 Å². The van der Waals surface area contributed by atoms with Gasteiger partial charge in [0.2, 0.25) is 0 Å². The number of nitro benzene ring substituents is 1. The summed E-state index contributed by atoms with van der Waals surface area (Å²) in [6, 6.07) is 19.7. The molecule has 150 valence electrons. The molecular weight excluding hydrogens is 366 g/mol. The molecule has 0 aliphatic carbocycles. The molecule has 0 bridgehead atoms. The minimum Gasteiger partial charge on any atom is -0.496 e. The van der Waals surface area contributed by atoms with Crippen molar-refractivity contribution >= 4 is 16.5 Å². The first-order valence-electron chi connectivity index (χ1n) is 10.1. The van der Waals surface area contributed by atoms with Crippen molar-refractivity contribution in [2.45, 2.75) is 13.1 Å². The van der Waals surface area contributed by atoms with Crippen molar-refractivity contribution in [3.8, 4) is 5.75 Å². The zero-order valence-electron chi connectivity index (χ0n) is 16.7. The molecule has 1 saturated heterocycles. The van der Waals surface area contributed by atoms with Crippen LogP contribution in [0, 0.1) is 10.1 Å². The fraction of sp³-hybridized carbons (Fsp3) is 0.304. The number of fused-ring (bicyclic) bond motifs is 1. The minimum absolute atomic E-state index is 0.178. The number of piperazine rings is 1. The topological polar surface area (TPSA) is 61.2 Å². The van der Waals surface area contributed by atoms with Crippen LogP contribution in [0.1, 0.15) is 11.1 Å². The first kappa shape index (κ1) is 19.4. The number of hydrogen-bond acceptors (Lipinski definition) is 3. The Kier molecular flexibility index (Phi) is 5.74. The highest BCUT2D eigenvalue weighted by molar-refractivity contribution is 5.90. The van der Waals surface area contributed by atoms with Gasteiger partial charge in [0.15, 0.2) is 0 Å². The molecule has 0 unspecified atom stereocenters. The average Bonchev–Trinajstić information content (AvgIpc) is 2.75. The molecule has 0 amide bonds. The molecule has 0 spiro atoms. The molecule has 3 aromatic carbocycles. The summed E-state index contributed by atoms with van der Waals surface area (Å²) < 4.78 is 5.51. The lowest BCUT2D eigenvalue weighted by atomic mass is 10.0. The van der Waals surface area contributed by atoms with Gasteiger partial charge < -0.3 is 14.5 Å². The number of methoxy groups -OCH3 is 1. The van der Waals surface area contributed by atoms with E-state index >= 15 is 0 Å². The van der Waals surface area contributed by atoms with Crippen LogP contribution in [-0.4, -0.2) is 38.2 Å². The second-order valence-electron chi connectivity index (χ2n) is 7.75. The predicted molar refractivity (Wildman–Crippen MR) is 112 cm³/mol. The van der Waals surface area contributed by atoms with Crippen LogP contribution in [0.5, 0.6) is 5.75 Å². The van der Waals surface area contributed by atoms with E-state index in [1.54, 1.807) is 30.2 Å². The smallest absolute Gasteiger partial charge is 0.269 e. The largest absolute Gasteiger partial charge is 0.496 e. The third-order valence-electron chi connectivity index (χ3n) is 5.87. The van der Waals surface area contributed by atoms with Gasteiger partial charge in [-0.25, -0.2) is 0 Å². The summed E-state index contributed by atoms with van der Waals surface area (Å²) in [6.45, 7) is 6.21.